The number of carbonyl (C=O) groups is 1. The maximum absolute atomic E-state index is 13.4. The molecule has 4 nitrogen and oxygen atoms in total. The highest BCUT2D eigenvalue weighted by Gasteiger charge is 2.14. The summed E-state index contributed by atoms with van der Waals surface area (Å²) in [5.41, 5.74) is -0.167. The largest absolute Gasteiger partial charge is 0.504 e. The molecule has 0 fully saturated rings. The van der Waals surface area contributed by atoms with E-state index in [1.54, 1.807) is 0 Å². The minimum Gasteiger partial charge on any atom is -0.504 e. The molecule has 0 saturated carbocycles. The predicted octanol–water partition coefficient (Wildman–Crippen LogP) is 2.31. The number of rotatable bonds is 3. The summed E-state index contributed by atoms with van der Waals surface area (Å²) in [5.74, 6) is -2.97. The number of aromatic hydroxyl groups is 2. The topological polar surface area (TPSA) is 69.6 Å². The van der Waals surface area contributed by atoms with Crippen LogP contribution in [0.2, 0.25) is 0 Å². The minimum atomic E-state index is -0.706. The molecule has 1 amide bonds. The lowest BCUT2D eigenvalue weighted by molar-refractivity contribution is 0.0947. The van der Waals surface area contributed by atoms with E-state index in [2.05, 4.69) is 5.32 Å². The van der Waals surface area contributed by atoms with Gasteiger partial charge in [-0.1, -0.05) is 6.07 Å². The molecule has 0 unspecified atom stereocenters. The van der Waals surface area contributed by atoms with Gasteiger partial charge in [0.15, 0.2) is 11.5 Å². The van der Waals surface area contributed by atoms with E-state index < -0.39 is 29.0 Å². The number of carbonyl (C=O) groups excluding carboxylic acids is 1. The molecule has 104 valence electrons. The van der Waals surface area contributed by atoms with Gasteiger partial charge in [-0.2, -0.15) is 0 Å². The molecule has 0 aromatic heterocycles. The summed E-state index contributed by atoms with van der Waals surface area (Å²) in [5, 5.41) is 21.1. The minimum absolute atomic E-state index is 0.0157. The van der Waals surface area contributed by atoms with Gasteiger partial charge < -0.3 is 15.5 Å². The Bertz CT molecular complexity index is 659. The molecule has 0 bridgehead atoms. The number of nitrogens with one attached hydrogen (secondary N) is 1. The fraction of sp³-hybridized carbons (Fsp3) is 0.0714. The highest BCUT2D eigenvalue weighted by molar-refractivity contribution is 5.97. The molecular weight excluding hydrogens is 268 g/mol. The highest BCUT2D eigenvalue weighted by Crippen LogP contribution is 2.28. The van der Waals surface area contributed by atoms with E-state index in [1.807, 2.05) is 0 Å². The standard InChI is InChI=1S/C14H11F2NO3/c15-9-4-5-11(16)8(6-9)7-17-14(20)10-2-1-3-12(18)13(10)19/h1-6,18-19H,7H2,(H,17,20). The monoisotopic (exact) mass is 279 g/mol. The van der Waals surface area contributed by atoms with Gasteiger partial charge in [-0.15, -0.1) is 0 Å². The Morgan fingerprint density at radius 3 is 2.65 bits per heavy atom. The molecular formula is C14H11F2NO3. The van der Waals surface area contributed by atoms with Crippen LogP contribution in [0, 0.1) is 11.6 Å². The lowest BCUT2D eigenvalue weighted by atomic mass is 10.1. The van der Waals surface area contributed by atoms with Crippen LogP contribution >= 0.6 is 0 Å². The van der Waals surface area contributed by atoms with E-state index in [-0.39, 0.29) is 17.7 Å². The van der Waals surface area contributed by atoms with Gasteiger partial charge in [-0.05, 0) is 30.3 Å². The van der Waals surface area contributed by atoms with Crippen molar-refractivity contribution < 1.29 is 23.8 Å². The Morgan fingerprint density at radius 2 is 1.90 bits per heavy atom. The molecule has 0 aliphatic rings. The SMILES string of the molecule is O=C(NCc1cc(F)ccc1F)c1cccc(O)c1O. The number of amides is 1. The smallest absolute Gasteiger partial charge is 0.255 e. The van der Waals surface area contributed by atoms with Crippen LogP contribution in [0.25, 0.3) is 0 Å². The second kappa shape index (κ2) is 5.56. The van der Waals surface area contributed by atoms with Crippen molar-refractivity contribution in [2.75, 3.05) is 0 Å². The maximum atomic E-state index is 13.4. The second-order valence-corrected chi connectivity index (χ2v) is 4.09. The van der Waals surface area contributed by atoms with Crippen molar-refractivity contribution in [1.29, 1.82) is 0 Å². The Morgan fingerprint density at radius 1 is 1.15 bits per heavy atom. The van der Waals surface area contributed by atoms with Crippen LogP contribution in [0.15, 0.2) is 36.4 Å². The van der Waals surface area contributed by atoms with Crippen LogP contribution in [-0.2, 0) is 6.54 Å². The third-order valence-corrected chi connectivity index (χ3v) is 2.71. The molecule has 2 aromatic carbocycles. The van der Waals surface area contributed by atoms with Gasteiger partial charge in [0.05, 0.1) is 5.56 Å². The molecule has 0 radical (unpaired) electrons. The van der Waals surface area contributed by atoms with Gasteiger partial charge in [0.25, 0.3) is 5.91 Å². The van der Waals surface area contributed by atoms with Gasteiger partial charge in [-0.25, -0.2) is 8.78 Å². The van der Waals surface area contributed by atoms with Crippen LogP contribution in [-0.4, -0.2) is 16.1 Å². The van der Waals surface area contributed by atoms with Gasteiger partial charge in [0, 0.05) is 12.1 Å². The van der Waals surface area contributed by atoms with Crippen LogP contribution < -0.4 is 5.32 Å². The first-order valence-corrected chi connectivity index (χ1v) is 5.72. The summed E-state index contributed by atoms with van der Waals surface area (Å²) in [4.78, 5) is 11.8. The van der Waals surface area contributed by atoms with Crippen molar-refractivity contribution in [1.82, 2.24) is 5.32 Å². The first-order valence-electron chi connectivity index (χ1n) is 5.72. The van der Waals surface area contributed by atoms with E-state index in [4.69, 9.17) is 0 Å². The zero-order valence-electron chi connectivity index (χ0n) is 10.2. The molecule has 20 heavy (non-hydrogen) atoms. The number of phenols is 2. The van der Waals surface area contributed by atoms with E-state index >= 15 is 0 Å². The summed E-state index contributed by atoms with van der Waals surface area (Å²) < 4.78 is 26.3. The van der Waals surface area contributed by atoms with E-state index in [9.17, 15) is 23.8 Å². The average Bonchev–Trinajstić information content (AvgIpc) is 2.42. The van der Waals surface area contributed by atoms with Crippen molar-refractivity contribution in [3.05, 3.63) is 59.2 Å². The molecule has 2 rings (SSSR count). The van der Waals surface area contributed by atoms with Gasteiger partial charge >= 0.3 is 0 Å². The lowest BCUT2D eigenvalue weighted by Crippen LogP contribution is -2.23. The molecule has 0 aliphatic carbocycles. The van der Waals surface area contributed by atoms with Gasteiger partial charge in [0.2, 0.25) is 0 Å². The predicted molar refractivity (Wildman–Crippen MR) is 67.3 cm³/mol. The zero-order valence-corrected chi connectivity index (χ0v) is 10.2. The van der Waals surface area contributed by atoms with Crippen LogP contribution in [0.1, 0.15) is 15.9 Å². The van der Waals surface area contributed by atoms with Crippen LogP contribution in [0.4, 0.5) is 8.78 Å². The van der Waals surface area contributed by atoms with Crippen molar-refractivity contribution in [3.8, 4) is 11.5 Å². The summed E-state index contributed by atoms with van der Waals surface area (Å²) in [6.07, 6.45) is 0. The quantitative estimate of drug-likeness (QED) is 0.755. The maximum Gasteiger partial charge on any atom is 0.255 e. The molecule has 2 aromatic rings. The Balaban J connectivity index is 2.13. The van der Waals surface area contributed by atoms with Gasteiger partial charge in [-0.3, -0.25) is 4.79 Å². The fourth-order valence-electron chi connectivity index (χ4n) is 1.66. The summed E-state index contributed by atoms with van der Waals surface area (Å²) in [6.45, 7) is -0.239. The Labute approximate surface area is 113 Å². The number of phenolic OH excluding ortho intramolecular Hbond substituents is 2. The fourth-order valence-corrected chi connectivity index (χ4v) is 1.66. The van der Waals surface area contributed by atoms with Crippen LogP contribution in [0.5, 0.6) is 11.5 Å². The van der Waals surface area contributed by atoms with E-state index in [0.29, 0.717) is 0 Å². The van der Waals surface area contributed by atoms with Crippen molar-refractivity contribution in [3.63, 3.8) is 0 Å². The number of benzene rings is 2. The summed E-state index contributed by atoms with van der Waals surface area (Å²) >= 11 is 0. The second-order valence-electron chi connectivity index (χ2n) is 4.09. The zero-order chi connectivity index (χ0) is 14.7. The molecule has 0 spiro atoms. The average molecular weight is 279 g/mol. The van der Waals surface area contributed by atoms with Crippen molar-refractivity contribution >= 4 is 5.91 Å². The van der Waals surface area contributed by atoms with Crippen LogP contribution in [0.3, 0.4) is 0 Å². The molecule has 0 atom stereocenters. The Hall–Kier alpha value is -2.63. The number of hydrogen-bond acceptors (Lipinski definition) is 3. The first-order chi connectivity index (χ1) is 9.49. The summed E-state index contributed by atoms with van der Waals surface area (Å²) in [7, 11) is 0. The molecule has 0 saturated heterocycles. The normalized spacial score (nSPS) is 10.3. The molecule has 0 aliphatic heterocycles. The van der Waals surface area contributed by atoms with Gasteiger partial charge in [0.1, 0.15) is 11.6 Å². The summed E-state index contributed by atoms with van der Waals surface area (Å²) in [6, 6.07) is 6.81. The van der Waals surface area contributed by atoms with Crippen molar-refractivity contribution in [2.24, 2.45) is 0 Å². The van der Waals surface area contributed by atoms with E-state index in [1.165, 1.54) is 18.2 Å². The molecule has 3 N–H and O–H groups in total. The third kappa shape index (κ3) is 2.85. The number of para-hydroxylation sites is 1. The number of hydrogen-bond donors (Lipinski definition) is 3. The number of halogens is 2. The lowest BCUT2D eigenvalue weighted by Gasteiger charge is -2.08. The first kappa shape index (κ1) is 13.8. The van der Waals surface area contributed by atoms with Crippen molar-refractivity contribution in [2.45, 2.75) is 6.54 Å². The van der Waals surface area contributed by atoms with E-state index in [0.717, 1.165) is 18.2 Å². The highest BCUT2D eigenvalue weighted by atomic mass is 19.1. The molecule has 0 heterocycles. The Kier molecular flexibility index (Phi) is 3.84. The third-order valence-electron chi connectivity index (χ3n) is 2.71. The molecule has 6 heteroatoms.